The van der Waals surface area contributed by atoms with Gasteiger partial charge in [-0.05, 0) is 6.42 Å². The van der Waals surface area contributed by atoms with Gasteiger partial charge in [-0.25, -0.2) is 0 Å². The monoisotopic (exact) mass is 105 g/mol. The number of unbranched alkanes of at least 4 members (excludes halogenated alkanes) is 3. The summed E-state index contributed by atoms with van der Waals surface area (Å²) in [5.41, 5.74) is 0. The summed E-state index contributed by atoms with van der Waals surface area (Å²) in [4.78, 5) is 0. The Kier molecular flexibility index (Phi) is 5.93. The van der Waals surface area contributed by atoms with E-state index >= 15 is 0 Å². The van der Waals surface area contributed by atoms with E-state index in [4.69, 9.17) is 5.11 Å². The SMILES string of the molecule is CCCCCCO.[2HH]. The largest absolute Gasteiger partial charge is 0.396 e. The van der Waals surface area contributed by atoms with Crippen LogP contribution in [0.5, 0.6) is 0 Å². The van der Waals surface area contributed by atoms with E-state index in [1.807, 2.05) is 0 Å². The summed E-state index contributed by atoms with van der Waals surface area (Å²) < 4.78 is 0. The number of hydrogen-bond donors (Lipinski definition) is 1. The normalized spacial score (nSPS) is 9.43. The van der Waals surface area contributed by atoms with E-state index in [-0.39, 0.29) is 1.43 Å². The van der Waals surface area contributed by atoms with Crippen LogP contribution in [0, 0.1) is 0 Å². The molecule has 0 spiro atoms. The first-order chi connectivity index (χ1) is 3.41. The van der Waals surface area contributed by atoms with Crippen LogP contribution in [0.1, 0.15) is 34.0 Å². The van der Waals surface area contributed by atoms with Crippen molar-refractivity contribution < 1.29 is 6.53 Å². The van der Waals surface area contributed by atoms with Crippen molar-refractivity contribution in [2.45, 2.75) is 32.6 Å². The fourth-order valence-corrected chi connectivity index (χ4v) is 0.539. The molecule has 0 bridgehead atoms. The Bertz CT molecular complexity index is 27.7. The van der Waals surface area contributed by atoms with Gasteiger partial charge in [0.05, 0.1) is 0 Å². The zero-order valence-electron chi connectivity index (χ0n) is 4.98. The average molecular weight is 105 g/mol. The Morgan fingerprint density at radius 3 is 2.43 bits per heavy atom. The maximum atomic E-state index is 8.29. The summed E-state index contributed by atoms with van der Waals surface area (Å²) >= 11 is 0. The molecule has 0 aliphatic heterocycles. The maximum absolute atomic E-state index is 8.29. The molecule has 0 fully saturated rings. The molecule has 0 rings (SSSR count). The second-order valence-corrected chi connectivity index (χ2v) is 1.78. The fraction of sp³-hybridized carbons (Fsp3) is 1.00. The summed E-state index contributed by atoms with van der Waals surface area (Å²) in [7, 11) is 0. The Morgan fingerprint density at radius 1 is 1.29 bits per heavy atom. The van der Waals surface area contributed by atoms with Gasteiger partial charge in [0.25, 0.3) is 0 Å². The molecule has 0 aliphatic rings. The van der Waals surface area contributed by atoms with Crippen molar-refractivity contribution in [2.75, 3.05) is 6.61 Å². The summed E-state index contributed by atoms with van der Waals surface area (Å²) in [5, 5.41) is 8.29. The van der Waals surface area contributed by atoms with Gasteiger partial charge < -0.3 is 5.11 Å². The highest BCUT2D eigenvalue weighted by Gasteiger charge is 1.80. The third-order valence-corrected chi connectivity index (χ3v) is 1.01. The van der Waals surface area contributed by atoms with Crippen LogP contribution in [0.4, 0.5) is 0 Å². The van der Waals surface area contributed by atoms with E-state index in [1.165, 1.54) is 19.3 Å². The Hall–Kier alpha value is -0.0400. The highest BCUT2D eigenvalue weighted by molar-refractivity contribution is 4.35. The molecule has 0 heterocycles. The summed E-state index contributed by atoms with van der Waals surface area (Å²) in [6.07, 6.45) is 4.68. The molecule has 0 saturated carbocycles. The van der Waals surface area contributed by atoms with E-state index in [2.05, 4.69) is 6.92 Å². The van der Waals surface area contributed by atoms with Gasteiger partial charge in [-0.3, -0.25) is 0 Å². The first-order valence-electron chi connectivity index (χ1n) is 3.02. The molecule has 0 radical (unpaired) electrons. The van der Waals surface area contributed by atoms with Crippen LogP contribution in [-0.4, -0.2) is 11.7 Å². The Labute approximate surface area is 46.8 Å². The van der Waals surface area contributed by atoms with E-state index in [0.29, 0.717) is 6.61 Å². The second kappa shape index (κ2) is 5.96. The zero-order valence-corrected chi connectivity index (χ0v) is 4.98. The van der Waals surface area contributed by atoms with Crippen LogP contribution < -0.4 is 0 Å². The topological polar surface area (TPSA) is 20.2 Å². The van der Waals surface area contributed by atoms with Crippen molar-refractivity contribution in [3.05, 3.63) is 0 Å². The molecule has 0 aromatic rings. The van der Waals surface area contributed by atoms with Crippen molar-refractivity contribution >= 4 is 0 Å². The van der Waals surface area contributed by atoms with Crippen LogP contribution in [0.15, 0.2) is 0 Å². The maximum Gasteiger partial charge on any atom is 0.0431 e. The van der Waals surface area contributed by atoms with Crippen molar-refractivity contribution in [3.8, 4) is 0 Å². The Balaban J connectivity index is 0. The molecular formula is C6H16O. The van der Waals surface area contributed by atoms with E-state index < -0.39 is 0 Å². The lowest BCUT2D eigenvalue weighted by molar-refractivity contribution is 0.283. The van der Waals surface area contributed by atoms with Gasteiger partial charge in [-0.1, -0.05) is 26.2 Å². The van der Waals surface area contributed by atoms with Gasteiger partial charge in [0.15, 0.2) is 0 Å². The van der Waals surface area contributed by atoms with Gasteiger partial charge in [0.2, 0.25) is 0 Å². The van der Waals surface area contributed by atoms with Gasteiger partial charge in [0.1, 0.15) is 0 Å². The molecule has 1 heteroatoms. The van der Waals surface area contributed by atoms with Crippen molar-refractivity contribution in [2.24, 2.45) is 0 Å². The predicted octanol–water partition coefficient (Wildman–Crippen LogP) is 1.80. The zero-order chi connectivity index (χ0) is 5.54. The van der Waals surface area contributed by atoms with Gasteiger partial charge in [-0.15, -0.1) is 0 Å². The standard InChI is InChI=1S/C6H14O.H2/c1-2-3-4-5-6-7;/h7H,2-6H2,1H3;1H/i;1+1. The first kappa shape index (κ1) is 6.96. The summed E-state index contributed by atoms with van der Waals surface area (Å²) in [6.45, 7) is 2.53. The first-order valence-corrected chi connectivity index (χ1v) is 3.02. The molecular weight excluding hydrogens is 88.1 g/mol. The summed E-state index contributed by atoms with van der Waals surface area (Å²) in [5.74, 6) is 0. The van der Waals surface area contributed by atoms with Gasteiger partial charge >= 0.3 is 0 Å². The molecule has 0 aromatic carbocycles. The third kappa shape index (κ3) is 5.96. The molecule has 46 valence electrons. The average Bonchev–Trinajstić information content (AvgIpc) is 1.69. The number of aliphatic hydroxyl groups excluding tert-OH is 1. The van der Waals surface area contributed by atoms with Crippen LogP contribution in [0.2, 0.25) is 0 Å². The molecule has 0 aromatic heterocycles. The van der Waals surface area contributed by atoms with Gasteiger partial charge in [0, 0.05) is 8.03 Å². The van der Waals surface area contributed by atoms with Crippen LogP contribution in [0.25, 0.3) is 0 Å². The van der Waals surface area contributed by atoms with Crippen molar-refractivity contribution in [3.63, 3.8) is 0 Å². The number of hydrogen-bond acceptors (Lipinski definition) is 1. The highest BCUT2D eigenvalue weighted by atomic mass is 16.2. The van der Waals surface area contributed by atoms with Crippen LogP contribution >= 0.6 is 0 Å². The minimum absolute atomic E-state index is 0. The lowest BCUT2D eigenvalue weighted by atomic mass is 10.2. The molecule has 0 unspecified atom stereocenters. The number of aliphatic hydroxyl groups is 1. The molecule has 0 aliphatic carbocycles. The molecule has 0 amide bonds. The minimum Gasteiger partial charge on any atom is -0.396 e. The van der Waals surface area contributed by atoms with E-state index in [9.17, 15) is 0 Å². The highest BCUT2D eigenvalue weighted by Crippen LogP contribution is 1.95. The van der Waals surface area contributed by atoms with Crippen LogP contribution in [-0.2, 0) is 0 Å². The lowest BCUT2D eigenvalue weighted by Gasteiger charge is -1.90. The fourth-order valence-electron chi connectivity index (χ4n) is 0.539. The third-order valence-electron chi connectivity index (χ3n) is 1.01. The lowest BCUT2D eigenvalue weighted by Crippen LogP contribution is -1.80. The smallest absolute Gasteiger partial charge is 0.0431 e. The van der Waals surface area contributed by atoms with Gasteiger partial charge in [-0.2, -0.15) is 0 Å². The van der Waals surface area contributed by atoms with E-state index in [1.54, 1.807) is 0 Å². The van der Waals surface area contributed by atoms with Crippen molar-refractivity contribution in [1.82, 2.24) is 0 Å². The molecule has 0 saturated heterocycles. The Morgan fingerprint density at radius 2 is 2.00 bits per heavy atom. The second-order valence-electron chi connectivity index (χ2n) is 1.78. The van der Waals surface area contributed by atoms with E-state index in [0.717, 1.165) is 6.42 Å². The van der Waals surface area contributed by atoms with Crippen molar-refractivity contribution in [1.29, 1.82) is 0 Å². The van der Waals surface area contributed by atoms with Crippen LogP contribution in [0.3, 0.4) is 0 Å². The minimum atomic E-state index is 0. The predicted molar refractivity (Wildman–Crippen MR) is 33.3 cm³/mol. The molecule has 1 N–H and O–H groups in total. The molecule has 1 nitrogen and oxygen atoms in total. The summed E-state index contributed by atoms with van der Waals surface area (Å²) in [6, 6.07) is 0. The number of rotatable bonds is 4. The molecule has 7 heavy (non-hydrogen) atoms. The quantitative estimate of drug-likeness (QED) is 0.540. The molecule has 0 atom stereocenters.